The van der Waals surface area contributed by atoms with Gasteiger partial charge >= 0.3 is 0 Å². The Hall–Kier alpha value is -1.35. The lowest BCUT2D eigenvalue weighted by Crippen LogP contribution is -1.84. The Morgan fingerprint density at radius 1 is 1.44 bits per heavy atom. The van der Waals surface area contributed by atoms with Gasteiger partial charge in [-0.05, 0) is 26.0 Å². The molecule has 16 heavy (non-hydrogen) atoms. The van der Waals surface area contributed by atoms with E-state index in [0.717, 1.165) is 5.56 Å². The van der Waals surface area contributed by atoms with E-state index in [1.165, 1.54) is 12.3 Å². The molecule has 0 amide bonds. The summed E-state index contributed by atoms with van der Waals surface area (Å²) in [5, 5.41) is -0.318. The maximum Gasteiger partial charge on any atom is 0.212 e. The number of aromatic nitrogens is 1. The highest BCUT2D eigenvalue weighted by molar-refractivity contribution is 6.20. The number of nitrogens with zero attached hydrogens (tertiary/aromatic N) is 1. The van der Waals surface area contributed by atoms with Crippen LogP contribution in [-0.2, 0) is 0 Å². The average Bonchev–Trinajstić information content (AvgIpc) is 2.70. The van der Waals surface area contributed by atoms with Crippen molar-refractivity contribution < 1.29 is 8.81 Å². The summed E-state index contributed by atoms with van der Waals surface area (Å²) < 4.78 is 18.9. The summed E-state index contributed by atoms with van der Waals surface area (Å²) in [5.41, 5.74) is 1.38. The van der Waals surface area contributed by atoms with Crippen LogP contribution in [0.3, 0.4) is 0 Å². The molecule has 0 bridgehead atoms. The van der Waals surface area contributed by atoms with Crippen LogP contribution < -0.4 is 0 Å². The largest absolute Gasteiger partial charge is 0.439 e. The fourth-order valence-electron chi connectivity index (χ4n) is 1.42. The average molecular weight is 240 g/mol. The minimum Gasteiger partial charge on any atom is -0.439 e. The normalized spacial score (nSPS) is 12.8. The van der Waals surface area contributed by atoms with E-state index in [1.807, 2.05) is 6.92 Å². The van der Waals surface area contributed by atoms with Gasteiger partial charge in [-0.2, -0.15) is 0 Å². The molecule has 1 aromatic carbocycles. The predicted octanol–water partition coefficient (Wildman–Crippen LogP) is 4.09. The van der Waals surface area contributed by atoms with Gasteiger partial charge in [-0.3, -0.25) is 0 Å². The minimum absolute atomic E-state index is 0.318. The number of benzene rings is 1. The second kappa shape index (κ2) is 4.26. The van der Waals surface area contributed by atoms with Crippen molar-refractivity contribution in [2.75, 3.05) is 0 Å². The van der Waals surface area contributed by atoms with Crippen molar-refractivity contribution in [1.82, 2.24) is 4.98 Å². The van der Waals surface area contributed by atoms with Crippen LogP contribution in [0.4, 0.5) is 4.39 Å². The summed E-state index contributed by atoms with van der Waals surface area (Å²) in [5.74, 6) is 0.483. The van der Waals surface area contributed by atoms with Gasteiger partial charge in [-0.15, -0.1) is 11.6 Å². The molecule has 1 aromatic heterocycles. The number of alkyl halides is 1. The molecular formula is C12H11ClFNO. The molecule has 0 saturated heterocycles. The molecule has 0 N–H and O–H groups in total. The molecule has 0 aliphatic rings. The lowest BCUT2D eigenvalue weighted by Gasteiger charge is -2.00. The predicted molar refractivity (Wildman–Crippen MR) is 60.9 cm³/mol. The molecule has 2 aromatic rings. The van der Waals surface area contributed by atoms with E-state index in [9.17, 15) is 4.39 Å². The van der Waals surface area contributed by atoms with Gasteiger partial charge in [0.1, 0.15) is 11.2 Å². The van der Waals surface area contributed by atoms with Crippen molar-refractivity contribution in [3.05, 3.63) is 41.7 Å². The third-order valence-corrected chi connectivity index (χ3v) is 2.44. The third-order valence-electron chi connectivity index (χ3n) is 2.25. The number of rotatable bonds is 2. The summed E-state index contributed by atoms with van der Waals surface area (Å²) in [7, 11) is 0. The van der Waals surface area contributed by atoms with E-state index in [-0.39, 0.29) is 11.2 Å². The summed E-state index contributed by atoms with van der Waals surface area (Å²) in [6, 6.07) is 4.84. The van der Waals surface area contributed by atoms with E-state index < -0.39 is 0 Å². The highest BCUT2D eigenvalue weighted by atomic mass is 35.5. The number of hydrogen-bond acceptors (Lipinski definition) is 2. The Morgan fingerprint density at radius 2 is 2.19 bits per heavy atom. The molecule has 2 rings (SSSR count). The second-order valence-corrected chi connectivity index (χ2v) is 4.32. The fourth-order valence-corrected chi connectivity index (χ4v) is 1.52. The van der Waals surface area contributed by atoms with Gasteiger partial charge in [-0.25, -0.2) is 9.37 Å². The van der Waals surface area contributed by atoms with E-state index in [2.05, 4.69) is 4.98 Å². The minimum atomic E-state index is -0.324. The summed E-state index contributed by atoms with van der Waals surface area (Å²) in [4.78, 5) is 4.00. The number of halogens is 2. The van der Waals surface area contributed by atoms with E-state index >= 15 is 0 Å². The Labute approximate surface area is 98.1 Å². The Kier molecular flexibility index (Phi) is 2.97. The van der Waals surface area contributed by atoms with Crippen LogP contribution in [0.15, 0.2) is 28.8 Å². The molecule has 1 unspecified atom stereocenters. The molecule has 0 radical (unpaired) electrons. The van der Waals surface area contributed by atoms with Crippen LogP contribution in [-0.4, -0.2) is 4.98 Å². The van der Waals surface area contributed by atoms with Gasteiger partial charge in [-0.1, -0.05) is 11.6 Å². The van der Waals surface area contributed by atoms with Gasteiger partial charge < -0.3 is 4.42 Å². The van der Waals surface area contributed by atoms with Gasteiger partial charge in [0.15, 0.2) is 5.76 Å². The molecule has 1 heterocycles. The summed E-state index contributed by atoms with van der Waals surface area (Å²) in [6.07, 6.45) is 1.49. The SMILES string of the molecule is Cc1ccc(F)c(-c2cnc(C(C)Cl)o2)c1. The quantitative estimate of drug-likeness (QED) is 0.738. The standard InChI is InChI=1S/C12H11ClFNO/c1-7-3-4-10(14)9(5-7)11-6-15-12(16-11)8(2)13/h3-6,8H,1-2H3. The number of hydrogen-bond donors (Lipinski definition) is 0. The van der Waals surface area contributed by atoms with Crippen LogP contribution in [0.1, 0.15) is 23.8 Å². The van der Waals surface area contributed by atoms with Crippen LogP contribution in [0.5, 0.6) is 0 Å². The fraction of sp³-hybridized carbons (Fsp3) is 0.250. The highest BCUT2D eigenvalue weighted by Gasteiger charge is 2.13. The van der Waals surface area contributed by atoms with Gasteiger partial charge in [0.05, 0.1) is 11.8 Å². The second-order valence-electron chi connectivity index (χ2n) is 3.66. The summed E-state index contributed by atoms with van der Waals surface area (Å²) >= 11 is 5.83. The first-order chi connectivity index (χ1) is 7.58. The van der Waals surface area contributed by atoms with Crippen molar-refractivity contribution in [3.8, 4) is 11.3 Å². The smallest absolute Gasteiger partial charge is 0.212 e. The molecule has 0 aliphatic carbocycles. The third kappa shape index (κ3) is 2.09. The molecule has 0 fully saturated rings. The van der Waals surface area contributed by atoms with Gasteiger partial charge in [0, 0.05) is 0 Å². The van der Waals surface area contributed by atoms with Crippen LogP contribution in [0.25, 0.3) is 11.3 Å². The van der Waals surface area contributed by atoms with Crippen molar-refractivity contribution in [2.45, 2.75) is 19.2 Å². The van der Waals surface area contributed by atoms with Crippen molar-refractivity contribution >= 4 is 11.6 Å². The molecule has 0 saturated carbocycles. The van der Waals surface area contributed by atoms with Crippen molar-refractivity contribution in [3.63, 3.8) is 0 Å². The Bertz CT molecular complexity index is 507. The van der Waals surface area contributed by atoms with Crippen LogP contribution in [0.2, 0.25) is 0 Å². The zero-order valence-electron chi connectivity index (χ0n) is 9.00. The molecule has 0 aliphatic heterocycles. The Morgan fingerprint density at radius 3 is 2.81 bits per heavy atom. The molecule has 1 atom stereocenters. The number of oxazole rings is 1. The van der Waals surface area contributed by atoms with E-state index in [0.29, 0.717) is 17.2 Å². The first kappa shape index (κ1) is 11.1. The molecular weight excluding hydrogens is 229 g/mol. The first-order valence-electron chi connectivity index (χ1n) is 4.94. The zero-order chi connectivity index (χ0) is 11.7. The van der Waals surface area contributed by atoms with Gasteiger partial charge in [0.25, 0.3) is 0 Å². The van der Waals surface area contributed by atoms with Crippen molar-refractivity contribution in [1.29, 1.82) is 0 Å². The molecule has 84 valence electrons. The number of aryl methyl sites for hydroxylation is 1. The lowest BCUT2D eigenvalue weighted by atomic mass is 10.1. The maximum atomic E-state index is 13.5. The van der Waals surface area contributed by atoms with E-state index in [1.54, 1.807) is 19.1 Å². The maximum absolute atomic E-state index is 13.5. The topological polar surface area (TPSA) is 26.0 Å². The van der Waals surface area contributed by atoms with Crippen molar-refractivity contribution in [2.24, 2.45) is 0 Å². The summed E-state index contributed by atoms with van der Waals surface area (Å²) in [6.45, 7) is 3.65. The van der Waals surface area contributed by atoms with Crippen LogP contribution in [0, 0.1) is 12.7 Å². The van der Waals surface area contributed by atoms with Crippen LogP contribution >= 0.6 is 11.6 Å². The van der Waals surface area contributed by atoms with E-state index in [4.69, 9.17) is 16.0 Å². The Balaban J connectivity index is 2.46. The zero-order valence-corrected chi connectivity index (χ0v) is 9.75. The monoisotopic (exact) mass is 239 g/mol. The molecule has 4 heteroatoms. The van der Waals surface area contributed by atoms with Gasteiger partial charge in [0.2, 0.25) is 5.89 Å². The molecule has 2 nitrogen and oxygen atoms in total. The lowest BCUT2D eigenvalue weighted by molar-refractivity contribution is 0.504. The highest BCUT2D eigenvalue weighted by Crippen LogP contribution is 2.28. The first-order valence-corrected chi connectivity index (χ1v) is 5.38. The molecule has 0 spiro atoms.